The lowest BCUT2D eigenvalue weighted by Gasteiger charge is -1.99. The highest BCUT2D eigenvalue weighted by atomic mass is 19.1. The second kappa shape index (κ2) is 5.49. The minimum absolute atomic E-state index is 0.0427. The molecule has 0 spiro atoms. The number of carbonyl (C=O) groups excluding carboxylic acids is 1. The fourth-order valence-electron chi connectivity index (χ4n) is 1.68. The summed E-state index contributed by atoms with van der Waals surface area (Å²) < 4.78 is 19.1. The number of furan rings is 1. The second-order valence-corrected chi connectivity index (χ2v) is 3.92. The zero-order chi connectivity index (χ0) is 13.0. The molecule has 0 unspecified atom stereocenters. The lowest BCUT2D eigenvalue weighted by Crippen LogP contribution is -2.17. The van der Waals surface area contributed by atoms with E-state index in [0.29, 0.717) is 29.9 Å². The number of hydrogen-bond donors (Lipinski definition) is 1. The molecule has 2 rings (SSSR count). The molecule has 0 bridgehead atoms. The van der Waals surface area contributed by atoms with Crippen molar-refractivity contribution in [2.45, 2.75) is 12.8 Å². The summed E-state index contributed by atoms with van der Waals surface area (Å²) in [4.78, 5) is 11.1. The Balaban J connectivity index is 2.11. The highest BCUT2D eigenvalue weighted by Crippen LogP contribution is 2.25. The summed E-state index contributed by atoms with van der Waals surface area (Å²) in [7, 11) is 1.59. The van der Waals surface area contributed by atoms with Crippen LogP contribution in [0.4, 0.5) is 4.39 Å². The largest absolute Gasteiger partial charge is 0.461 e. The number of nitrogens with one attached hydrogen (secondary N) is 1. The van der Waals surface area contributed by atoms with Gasteiger partial charge >= 0.3 is 0 Å². The van der Waals surface area contributed by atoms with E-state index in [1.807, 2.05) is 0 Å². The van der Waals surface area contributed by atoms with E-state index in [4.69, 9.17) is 4.42 Å². The molecule has 4 heteroatoms. The van der Waals surface area contributed by atoms with Gasteiger partial charge in [0.25, 0.3) is 0 Å². The average molecular weight is 247 g/mol. The predicted molar refractivity (Wildman–Crippen MR) is 66.5 cm³/mol. The molecule has 0 saturated heterocycles. The Hall–Kier alpha value is -2.10. The summed E-state index contributed by atoms with van der Waals surface area (Å²) in [6.45, 7) is 0. The highest BCUT2D eigenvalue weighted by molar-refractivity contribution is 5.75. The molecular formula is C14H14FNO2. The first-order chi connectivity index (χ1) is 8.70. The van der Waals surface area contributed by atoms with Gasteiger partial charge in [-0.2, -0.15) is 0 Å². The number of hydrogen-bond acceptors (Lipinski definition) is 2. The van der Waals surface area contributed by atoms with E-state index in [1.165, 1.54) is 6.07 Å². The van der Waals surface area contributed by atoms with Gasteiger partial charge in [-0.15, -0.1) is 0 Å². The number of rotatable bonds is 4. The second-order valence-electron chi connectivity index (χ2n) is 3.92. The van der Waals surface area contributed by atoms with Gasteiger partial charge in [-0.3, -0.25) is 4.79 Å². The molecule has 94 valence electrons. The van der Waals surface area contributed by atoms with Gasteiger partial charge in [0.05, 0.1) is 5.56 Å². The Kier molecular flexibility index (Phi) is 3.77. The molecule has 18 heavy (non-hydrogen) atoms. The third-order valence-corrected chi connectivity index (χ3v) is 2.68. The van der Waals surface area contributed by atoms with E-state index in [-0.39, 0.29) is 11.7 Å². The van der Waals surface area contributed by atoms with Crippen molar-refractivity contribution in [1.82, 2.24) is 5.32 Å². The van der Waals surface area contributed by atoms with Crippen molar-refractivity contribution in [2.24, 2.45) is 0 Å². The first kappa shape index (κ1) is 12.4. The number of amides is 1. The van der Waals surface area contributed by atoms with Gasteiger partial charge in [-0.1, -0.05) is 12.1 Å². The van der Waals surface area contributed by atoms with Gasteiger partial charge in [0, 0.05) is 19.9 Å². The van der Waals surface area contributed by atoms with Crippen LogP contribution in [0.1, 0.15) is 12.2 Å². The maximum Gasteiger partial charge on any atom is 0.220 e. The first-order valence-electron chi connectivity index (χ1n) is 5.75. The van der Waals surface area contributed by atoms with E-state index < -0.39 is 0 Å². The molecule has 0 radical (unpaired) electrons. The average Bonchev–Trinajstić information content (AvgIpc) is 2.85. The van der Waals surface area contributed by atoms with Gasteiger partial charge in [-0.05, 0) is 24.3 Å². The third-order valence-electron chi connectivity index (χ3n) is 2.68. The van der Waals surface area contributed by atoms with Gasteiger partial charge in [0.2, 0.25) is 5.91 Å². The number of benzene rings is 1. The van der Waals surface area contributed by atoms with Crippen molar-refractivity contribution >= 4 is 5.91 Å². The zero-order valence-electron chi connectivity index (χ0n) is 10.1. The van der Waals surface area contributed by atoms with Gasteiger partial charge in [0.1, 0.15) is 17.3 Å². The zero-order valence-corrected chi connectivity index (χ0v) is 10.1. The fourth-order valence-corrected chi connectivity index (χ4v) is 1.68. The van der Waals surface area contributed by atoms with E-state index in [0.717, 1.165) is 0 Å². The Labute approximate surface area is 105 Å². The smallest absolute Gasteiger partial charge is 0.220 e. The topological polar surface area (TPSA) is 42.2 Å². The minimum atomic E-state index is -0.315. The Morgan fingerprint density at radius 1 is 1.28 bits per heavy atom. The summed E-state index contributed by atoms with van der Waals surface area (Å²) in [5.74, 6) is 0.806. The predicted octanol–water partition coefficient (Wildman–Crippen LogP) is 2.76. The lowest BCUT2D eigenvalue weighted by atomic mass is 10.1. The van der Waals surface area contributed by atoms with Crippen molar-refractivity contribution in [3.05, 3.63) is 48.0 Å². The van der Waals surface area contributed by atoms with Crippen LogP contribution in [-0.4, -0.2) is 13.0 Å². The summed E-state index contributed by atoms with van der Waals surface area (Å²) in [6, 6.07) is 9.93. The van der Waals surface area contributed by atoms with Crippen LogP contribution < -0.4 is 5.32 Å². The minimum Gasteiger partial charge on any atom is -0.461 e. The van der Waals surface area contributed by atoms with E-state index >= 15 is 0 Å². The molecule has 1 aromatic heterocycles. The molecule has 1 aromatic carbocycles. The molecule has 0 atom stereocenters. The fraction of sp³-hybridized carbons (Fsp3) is 0.214. The van der Waals surface area contributed by atoms with Crippen molar-refractivity contribution in [1.29, 1.82) is 0 Å². The molecule has 1 amide bonds. The van der Waals surface area contributed by atoms with Crippen LogP contribution in [-0.2, 0) is 11.2 Å². The number of halogens is 1. The van der Waals surface area contributed by atoms with E-state index in [2.05, 4.69) is 5.32 Å². The molecule has 0 saturated carbocycles. The van der Waals surface area contributed by atoms with Crippen LogP contribution in [0.25, 0.3) is 11.3 Å². The van der Waals surface area contributed by atoms with E-state index in [9.17, 15) is 9.18 Å². The normalized spacial score (nSPS) is 10.3. The number of carbonyl (C=O) groups is 1. The molecule has 1 heterocycles. The quantitative estimate of drug-likeness (QED) is 0.902. The summed E-state index contributed by atoms with van der Waals surface area (Å²) in [5, 5.41) is 2.54. The van der Waals surface area contributed by atoms with Gasteiger partial charge in [-0.25, -0.2) is 4.39 Å². The molecule has 0 aliphatic rings. The van der Waals surface area contributed by atoms with Crippen LogP contribution in [0.5, 0.6) is 0 Å². The Morgan fingerprint density at radius 2 is 2.06 bits per heavy atom. The number of aryl methyl sites for hydroxylation is 1. The Bertz CT molecular complexity index is 548. The van der Waals surface area contributed by atoms with Crippen molar-refractivity contribution in [3.63, 3.8) is 0 Å². The van der Waals surface area contributed by atoms with Crippen molar-refractivity contribution in [2.75, 3.05) is 7.05 Å². The van der Waals surface area contributed by atoms with Crippen LogP contribution in [0.3, 0.4) is 0 Å². The lowest BCUT2D eigenvalue weighted by molar-refractivity contribution is -0.120. The van der Waals surface area contributed by atoms with Gasteiger partial charge < -0.3 is 9.73 Å². The van der Waals surface area contributed by atoms with Crippen LogP contribution >= 0.6 is 0 Å². The third kappa shape index (κ3) is 2.77. The van der Waals surface area contributed by atoms with Crippen molar-refractivity contribution < 1.29 is 13.6 Å². The summed E-state index contributed by atoms with van der Waals surface area (Å²) in [6.07, 6.45) is 0.870. The molecule has 3 nitrogen and oxygen atoms in total. The van der Waals surface area contributed by atoms with Crippen LogP contribution in [0.15, 0.2) is 40.8 Å². The van der Waals surface area contributed by atoms with Crippen LogP contribution in [0.2, 0.25) is 0 Å². The monoisotopic (exact) mass is 247 g/mol. The van der Waals surface area contributed by atoms with Gasteiger partial charge in [0.15, 0.2) is 0 Å². The highest BCUT2D eigenvalue weighted by Gasteiger charge is 2.09. The molecule has 2 aromatic rings. The summed E-state index contributed by atoms with van der Waals surface area (Å²) in [5.41, 5.74) is 0.434. The summed E-state index contributed by atoms with van der Waals surface area (Å²) >= 11 is 0. The molecule has 0 aliphatic carbocycles. The molecule has 0 aliphatic heterocycles. The maximum absolute atomic E-state index is 13.5. The van der Waals surface area contributed by atoms with E-state index in [1.54, 1.807) is 37.4 Å². The van der Waals surface area contributed by atoms with Crippen molar-refractivity contribution in [3.8, 4) is 11.3 Å². The standard InChI is InChI=1S/C14H14FNO2/c1-16-14(17)9-7-10-6-8-13(18-10)11-4-2-3-5-12(11)15/h2-6,8H,7,9H2,1H3,(H,16,17). The molecule has 1 N–H and O–H groups in total. The first-order valence-corrected chi connectivity index (χ1v) is 5.75. The Morgan fingerprint density at radius 3 is 2.78 bits per heavy atom. The molecular weight excluding hydrogens is 233 g/mol. The molecule has 0 fully saturated rings. The van der Waals surface area contributed by atoms with Crippen LogP contribution in [0, 0.1) is 5.82 Å². The SMILES string of the molecule is CNC(=O)CCc1ccc(-c2ccccc2F)o1. The maximum atomic E-state index is 13.5.